The van der Waals surface area contributed by atoms with Gasteiger partial charge in [0, 0.05) is 5.33 Å². The second-order valence-corrected chi connectivity index (χ2v) is 5.93. The molecule has 0 saturated carbocycles. The van der Waals surface area contributed by atoms with Gasteiger partial charge in [0.25, 0.3) is 0 Å². The van der Waals surface area contributed by atoms with Crippen molar-refractivity contribution in [2.24, 2.45) is 0 Å². The van der Waals surface area contributed by atoms with Crippen molar-refractivity contribution in [1.29, 1.82) is 0 Å². The molecule has 0 aromatic rings. The highest BCUT2D eigenvalue weighted by Crippen LogP contribution is 2.09. The molecule has 112 valence electrons. The van der Waals surface area contributed by atoms with Crippen molar-refractivity contribution in [3.63, 3.8) is 0 Å². The number of esters is 1. The Kier molecular flexibility index (Phi) is 8.80. The Morgan fingerprint density at radius 1 is 1.26 bits per heavy atom. The lowest BCUT2D eigenvalue weighted by Gasteiger charge is -2.22. The third kappa shape index (κ3) is 9.76. The van der Waals surface area contributed by atoms with Crippen LogP contribution >= 0.6 is 15.9 Å². The lowest BCUT2D eigenvalue weighted by molar-refractivity contribution is -0.145. The molecule has 6 heteroatoms. The van der Waals surface area contributed by atoms with Crippen LogP contribution in [-0.2, 0) is 14.3 Å². The van der Waals surface area contributed by atoms with Gasteiger partial charge < -0.3 is 14.8 Å². The lowest BCUT2D eigenvalue weighted by atomic mass is 10.1. The van der Waals surface area contributed by atoms with Crippen LogP contribution in [0.1, 0.15) is 47.0 Å². The van der Waals surface area contributed by atoms with Crippen molar-refractivity contribution in [3.8, 4) is 0 Å². The van der Waals surface area contributed by atoms with Crippen molar-refractivity contribution in [3.05, 3.63) is 0 Å². The van der Waals surface area contributed by atoms with E-state index in [0.29, 0.717) is 13.0 Å². The summed E-state index contributed by atoms with van der Waals surface area (Å²) < 4.78 is 10.1. The van der Waals surface area contributed by atoms with E-state index in [1.807, 2.05) is 0 Å². The Labute approximate surface area is 123 Å². The van der Waals surface area contributed by atoms with E-state index in [0.717, 1.165) is 18.2 Å². The van der Waals surface area contributed by atoms with E-state index in [-0.39, 0.29) is 0 Å². The summed E-state index contributed by atoms with van der Waals surface area (Å²) in [7, 11) is 0. The minimum absolute atomic E-state index is 0.295. The molecule has 0 aliphatic rings. The zero-order valence-corrected chi connectivity index (χ0v) is 13.7. The van der Waals surface area contributed by atoms with E-state index in [1.54, 1.807) is 27.7 Å². The summed E-state index contributed by atoms with van der Waals surface area (Å²) in [6.07, 6.45) is 1.71. The van der Waals surface area contributed by atoms with Gasteiger partial charge in [-0.15, -0.1) is 0 Å². The number of amides is 1. The van der Waals surface area contributed by atoms with Crippen LogP contribution in [0.15, 0.2) is 0 Å². The van der Waals surface area contributed by atoms with Gasteiger partial charge in [-0.25, -0.2) is 9.59 Å². The predicted molar refractivity (Wildman–Crippen MR) is 77.4 cm³/mol. The maximum atomic E-state index is 11.7. The van der Waals surface area contributed by atoms with Crippen LogP contribution in [0.25, 0.3) is 0 Å². The summed E-state index contributed by atoms with van der Waals surface area (Å²) >= 11 is 3.33. The fourth-order valence-corrected chi connectivity index (χ4v) is 1.78. The Hall–Kier alpha value is -0.780. The monoisotopic (exact) mass is 337 g/mol. The highest BCUT2D eigenvalue weighted by molar-refractivity contribution is 9.09. The second-order valence-electron chi connectivity index (χ2n) is 5.14. The van der Waals surface area contributed by atoms with Crippen LogP contribution < -0.4 is 5.32 Å². The first-order chi connectivity index (χ1) is 8.80. The molecule has 0 aliphatic carbocycles. The van der Waals surface area contributed by atoms with Crippen molar-refractivity contribution in [2.45, 2.75) is 58.6 Å². The topological polar surface area (TPSA) is 64.6 Å². The number of carbonyl (C=O) groups is 2. The molecule has 1 unspecified atom stereocenters. The van der Waals surface area contributed by atoms with Crippen molar-refractivity contribution < 1.29 is 19.1 Å². The Bertz CT molecular complexity index is 289. The Morgan fingerprint density at radius 2 is 1.89 bits per heavy atom. The molecule has 0 aromatic carbocycles. The fraction of sp³-hybridized carbons (Fsp3) is 0.846. The average Bonchev–Trinajstić information content (AvgIpc) is 2.25. The van der Waals surface area contributed by atoms with Gasteiger partial charge in [-0.3, -0.25) is 0 Å². The Balaban J connectivity index is 4.39. The quantitative estimate of drug-likeness (QED) is 0.440. The number of hydrogen-bond donors (Lipinski definition) is 1. The van der Waals surface area contributed by atoms with E-state index in [4.69, 9.17) is 9.47 Å². The van der Waals surface area contributed by atoms with E-state index in [1.165, 1.54) is 0 Å². The molecule has 0 saturated heterocycles. The van der Waals surface area contributed by atoms with Gasteiger partial charge in [0.05, 0.1) is 6.61 Å². The highest BCUT2D eigenvalue weighted by atomic mass is 79.9. The molecule has 0 fully saturated rings. The lowest BCUT2D eigenvalue weighted by Crippen LogP contribution is -2.44. The summed E-state index contributed by atoms with van der Waals surface area (Å²) in [6.45, 7) is 7.36. The number of ether oxygens (including phenoxy) is 2. The predicted octanol–water partition coefficient (Wildman–Crippen LogP) is 3.01. The number of carbonyl (C=O) groups excluding carboxylic acids is 2. The standard InChI is InChI=1S/C13H24BrNO4/c1-5-18-11(16)10(8-6-7-9-14)15-12(17)19-13(2,3)4/h10H,5-9H2,1-4H3,(H,15,17). The number of nitrogens with one attached hydrogen (secondary N) is 1. The number of halogens is 1. The van der Waals surface area contributed by atoms with Gasteiger partial charge in [-0.1, -0.05) is 15.9 Å². The summed E-state index contributed by atoms with van der Waals surface area (Å²) in [4.78, 5) is 23.4. The van der Waals surface area contributed by atoms with Crippen molar-refractivity contribution in [2.75, 3.05) is 11.9 Å². The molecule has 0 spiro atoms. The van der Waals surface area contributed by atoms with Crippen LogP contribution in [0.3, 0.4) is 0 Å². The van der Waals surface area contributed by atoms with E-state index in [9.17, 15) is 9.59 Å². The van der Waals surface area contributed by atoms with E-state index < -0.39 is 23.7 Å². The van der Waals surface area contributed by atoms with Gasteiger partial charge in [0.2, 0.25) is 0 Å². The normalized spacial score (nSPS) is 12.7. The molecule has 0 radical (unpaired) electrons. The zero-order valence-electron chi connectivity index (χ0n) is 12.1. The minimum Gasteiger partial charge on any atom is -0.464 e. The first-order valence-corrected chi connectivity index (χ1v) is 7.64. The maximum Gasteiger partial charge on any atom is 0.408 e. The fourth-order valence-electron chi connectivity index (χ4n) is 1.38. The van der Waals surface area contributed by atoms with Crippen LogP contribution in [0, 0.1) is 0 Å². The summed E-state index contributed by atoms with van der Waals surface area (Å²) in [6, 6.07) is -0.645. The van der Waals surface area contributed by atoms with Crippen molar-refractivity contribution >= 4 is 28.0 Å². The average molecular weight is 338 g/mol. The SMILES string of the molecule is CCOC(=O)C(CCCCBr)NC(=O)OC(C)(C)C. The van der Waals surface area contributed by atoms with Crippen LogP contribution in [0.2, 0.25) is 0 Å². The first kappa shape index (κ1) is 18.2. The Morgan fingerprint density at radius 3 is 2.37 bits per heavy atom. The highest BCUT2D eigenvalue weighted by Gasteiger charge is 2.24. The molecule has 0 bridgehead atoms. The summed E-state index contributed by atoms with van der Waals surface area (Å²) in [5.41, 5.74) is -0.584. The van der Waals surface area contributed by atoms with Gasteiger partial charge in [0.1, 0.15) is 11.6 Å². The van der Waals surface area contributed by atoms with Crippen LogP contribution in [0.4, 0.5) is 4.79 Å². The van der Waals surface area contributed by atoms with Gasteiger partial charge in [-0.05, 0) is 47.0 Å². The van der Waals surface area contributed by atoms with Gasteiger partial charge in [0.15, 0.2) is 0 Å². The first-order valence-electron chi connectivity index (χ1n) is 6.52. The summed E-state index contributed by atoms with van der Waals surface area (Å²) in [5, 5.41) is 3.44. The molecule has 1 N–H and O–H groups in total. The number of alkyl halides is 1. The molecule has 0 aliphatic heterocycles. The van der Waals surface area contributed by atoms with E-state index in [2.05, 4.69) is 21.2 Å². The third-order valence-electron chi connectivity index (χ3n) is 2.14. The molecule has 19 heavy (non-hydrogen) atoms. The largest absolute Gasteiger partial charge is 0.464 e. The zero-order chi connectivity index (χ0) is 14.9. The number of hydrogen-bond acceptors (Lipinski definition) is 4. The molecule has 0 rings (SSSR count). The molecule has 0 aromatic heterocycles. The smallest absolute Gasteiger partial charge is 0.408 e. The second kappa shape index (κ2) is 9.18. The summed E-state index contributed by atoms with van der Waals surface area (Å²) in [5.74, 6) is -0.414. The number of rotatable bonds is 7. The molecule has 5 nitrogen and oxygen atoms in total. The maximum absolute atomic E-state index is 11.7. The van der Waals surface area contributed by atoms with Crippen LogP contribution in [0.5, 0.6) is 0 Å². The number of alkyl carbamates (subject to hydrolysis) is 1. The molecular formula is C13H24BrNO4. The molecule has 0 heterocycles. The van der Waals surface area contributed by atoms with Gasteiger partial charge >= 0.3 is 12.1 Å². The van der Waals surface area contributed by atoms with Gasteiger partial charge in [-0.2, -0.15) is 0 Å². The molecular weight excluding hydrogens is 314 g/mol. The van der Waals surface area contributed by atoms with Crippen LogP contribution in [-0.4, -0.2) is 35.6 Å². The number of unbranched alkanes of at least 4 members (excludes halogenated alkanes) is 1. The molecule has 1 atom stereocenters. The minimum atomic E-state index is -0.645. The third-order valence-corrected chi connectivity index (χ3v) is 2.70. The van der Waals surface area contributed by atoms with E-state index >= 15 is 0 Å². The van der Waals surface area contributed by atoms with Crippen molar-refractivity contribution in [1.82, 2.24) is 5.32 Å². The molecule has 1 amide bonds.